The van der Waals surface area contributed by atoms with Crippen molar-refractivity contribution in [2.45, 2.75) is 36.6 Å². The number of H-pyrrole nitrogens is 1. The quantitative estimate of drug-likeness (QED) is 0.871. The number of imidazole rings is 1. The van der Waals surface area contributed by atoms with Crippen LogP contribution in [0.5, 0.6) is 0 Å². The Morgan fingerprint density at radius 1 is 1.24 bits per heavy atom. The summed E-state index contributed by atoms with van der Waals surface area (Å²) in [5.41, 5.74) is 7.18. The number of nitrogens with zero attached hydrogens (tertiary/aromatic N) is 1. The van der Waals surface area contributed by atoms with E-state index in [1.165, 1.54) is 5.56 Å². The number of anilines is 1. The van der Waals surface area contributed by atoms with Crippen molar-refractivity contribution in [2.75, 3.05) is 5.73 Å². The Hall–Kier alpha value is -1.42. The fourth-order valence-electron chi connectivity index (χ4n) is 1.60. The van der Waals surface area contributed by atoms with E-state index in [0.717, 1.165) is 15.7 Å². The number of nitrogens with two attached hydrogens (primary N) is 1. The molecule has 90 valence electrons. The van der Waals surface area contributed by atoms with Crippen molar-refractivity contribution in [3.63, 3.8) is 0 Å². The fourth-order valence-corrected chi connectivity index (χ4v) is 2.44. The van der Waals surface area contributed by atoms with Crippen molar-refractivity contribution in [1.29, 1.82) is 0 Å². The number of rotatable bonds is 3. The molecule has 0 spiro atoms. The van der Waals surface area contributed by atoms with Gasteiger partial charge in [-0.2, -0.15) is 0 Å². The first-order valence-electron chi connectivity index (χ1n) is 5.66. The summed E-state index contributed by atoms with van der Waals surface area (Å²) in [6.07, 6.45) is 0. The Balaban J connectivity index is 2.16. The molecule has 0 radical (unpaired) electrons. The molecule has 17 heavy (non-hydrogen) atoms. The van der Waals surface area contributed by atoms with Crippen LogP contribution in [0.4, 0.5) is 5.82 Å². The molecule has 2 rings (SSSR count). The summed E-state index contributed by atoms with van der Waals surface area (Å²) in [4.78, 5) is 8.51. The third-order valence-corrected chi connectivity index (χ3v) is 3.59. The zero-order valence-electron chi connectivity index (χ0n) is 10.3. The van der Waals surface area contributed by atoms with Crippen LogP contribution in [-0.4, -0.2) is 9.97 Å². The first kappa shape index (κ1) is 12.0. The number of aryl methyl sites for hydroxylation is 1. The van der Waals surface area contributed by atoms with E-state index in [-0.39, 0.29) is 0 Å². The molecule has 0 fully saturated rings. The molecular weight excluding hydrogens is 230 g/mol. The van der Waals surface area contributed by atoms with Gasteiger partial charge in [0.2, 0.25) is 0 Å². The van der Waals surface area contributed by atoms with Gasteiger partial charge in [-0.3, -0.25) is 0 Å². The third kappa shape index (κ3) is 2.82. The highest BCUT2D eigenvalue weighted by atomic mass is 32.2. The smallest absolute Gasteiger partial charge is 0.143 e. The number of nitrogen functional groups attached to an aromatic ring is 1. The normalized spacial score (nSPS) is 11.1. The van der Waals surface area contributed by atoms with Crippen LogP contribution in [0.3, 0.4) is 0 Å². The molecule has 0 saturated carbocycles. The SMILES string of the molecule is Cc1nc(Sc2ccc(C(C)C)cc2)c(N)[nH]1. The maximum absolute atomic E-state index is 5.83. The molecule has 2 aromatic rings. The summed E-state index contributed by atoms with van der Waals surface area (Å²) in [5, 5.41) is 0.847. The lowest BCUT2D eigenvalue weighted by Crippen LogP contribution is -1.88. The molecule has 3 nitrogen and oxygen atoms in total. The molecule has 0 aliphatic rings. The molecule has 0 aliphatic carbocycles. The first-order valence-corrected chi connectivity index (χ1v) is 6.48. The highest BCUT2D eigenvalue weighted by Crippen LogP contribution is 2.30. The van der Waals surface area contributed by atoms with E-state index in [0.29, 0.717) is 11.7 Å². The van der Waals surface area contributed by atoms with E-state index >= 15 is 0 Å². The van der Waals surface area contributed by atoms with Crippen molar-refractivity contribution in [3.05, 3.63) is 35.7 Å². The summed E-state index contributed by atoms with van der Waals surface area (Å²) in [7, 11) is 0. The second-order valence-electron chi connectivity index (χ2n) is 4.37. The van der Waals surface area contributed by atoms with Gasteiger partial charge in [-0.05, 0) is 30.5 Å². The van der Waals surface area contributed by atoms with Crippen LogP contribution < -0.4 is 5.73 Å². The first-order chi connectivity index (χ1) is 8.06. The molecular formula is C13H17N3S. The van der Waals surface area contributed by atoms with Gasteiger partial charge in [0.15, 0.2) is 0 Å². The minimum absolute atomic E-state index is 0.562. The van der Waals surface area contributed by atoms with Crippen molar-refractivity contribution >= 4 is 17.6 Å². The van der Waals surface area contributed by atoms with Crippen molar-refractivity contribution in [2.24, 2.45) is 0 Å². The van der Waals surface area contributed by atoms with Gasteiger partial charge in [-0.15, -0.1) is 0 Å². The molecule has 0 aliphatic heterocycles. The predicted octanol–water partition coefficient (Wildman–Crippen LogP) is 3.57. The minimum Gasteiger partial charge on any atom is -0.383 e. The summed E-state index contributed by atoms with van der Waals surface area (Å²) in [5.74, 6) is 2.05. The summed E-state index contributed by atoms with van der Waals surface area (Å²) >= 11 is 1.59. The molecule has 0 bridgehead atoms. The predicted molar refractivity (Wildman–Crippen MR) is 72.4 cm³/mol. The van der Waals surface area contributed by atoms with E-state index in [1.54, 1.807) is 11.8 Å². The lowest BCUT2D eigenvalue weighted by atomic mass is 10.0. The molecule has 1 heterocycles. The van der Waals surface area contributed by atoms with Crippen molar-refractivity contribution < 1.29 is 0 Å². The van der Waals surface area contributed by atoms with Gasteiger partial charge in [-0.1, -0.05) is 37.7 Å². The monoisotopic (exact) mass is 247 g/mol. The molecule has 0 saturated heterocycles. The van der Waals surface area contributed by atoms with Gasteiger partial charge in [0, 0.05) is 4.90 Å². The van der Waals surface area contributed by atoms with Gasteiger partial charge in [0.05, 0.1) is 0 Å². The van der Waals surface area contributed by atoms with E-state index in [1.807, 2.05) is 6.92 Å². The highest BCUT2D eigenvalue weighted by molar-refractivity contribution is 7.99. The average Bonchev–Trinajstić information content (AvgIpc) is 2.58. The van der Waals surface area contributed by atoms with Crippen LogP contribution in [0.15, 0.2) is 34.2 Å². The molecule has 1 aromatic heterocycles. The minimum atomic E-state index is 0.562. The summed E-state index contributed by atoms with van der Waals surface area (Å²) < 4.78 is 0. The van der Waals surface area contributed by atoms with Gasteiger partial charge in [-0.25, -0.2) is 4.98 Å². The number of aromatic nitrogens is 2. The second-order valence-corrected chi connectivity index (χ2v) is 5.43. The van der Waals surface area contributed by atoms with Crippen LogP contribution in [0, 0.1) is 6.92 Å². The Morgan fingerprint density at radius 3 is 2.35 bits per heavy atom. The largest absolute Gasteiger partial charge is 0.383 e. The lowest BCUT2D eigenvalue weighted by Gasteiger charge is -2.05. The van der Waals surface area contributed by atoms with E-state index < -0.39 is 0 Å². The van der Waals surface area contributed by atoms with Crippen LogP contribution in [0.25, 0.3) is 0 Å². The summed E-state index contributed by atoms with van der Waals surface area (Å²) in [6, 6.07) is 8.54. The zero-order chi connectivity index (χ0) is 12.4. The molecule has 0 amide bonds. The summed E-state index contributed by atoms with van der Waals surface area (Å²) in [6.45, 7) is 6.29. The van der Waals surface area contributed by atoms with Crippen LogP contribution in [-0.2, 0) is 0 Å². The van der Waals surface area contributed by atoms with E-state index in [9.17, 15) is 0 Å². The molecule has 1 aromatic carbocycles. The topological polar surface area (TPSA) is 54.7 Å². The second kappa shape index (κ2) is 4.84. The Bertz CT molecular complexity index is 500. The third-order valence-electron chi connectivity index (χ3n) is 2.58. The molecule has 3 N–H and O–H groups in total. The Kier molecular flexibility index (Phi) is 3.43. The molecule has 0 atom stereocenters. The standard InChI is InChI=1S/C13H17N3S/c1-8(2)10-4-6-11(7-5-10)17-13-12(14)15-9(3)16-13/h4-8H,14H2,1-3H3,(H,15,16). The highest BCUT2D eigenvalue weighted by Gasteiger charge is 2.07. The van der Waals surface area contributed by atoms with Crippen LogP contribution >= 0.6 is 11.8 Å². The maximum Gasteiger partial charge on any atom is 0.143 e. The van der Waals surface area contributed by atoms with Crippen molar-refractivity contribution in [1.82, 2.24) is 9.97 Å². The number of benzene rings is 1. The van der Waals surface area contributed by atoms with Gasteiger partial charge in [0.1, 0.15) is 16.7 Å². The van der Waals surface area contributed by atoms with E-state index in [4.69, 9.17) is 5.73 Å². The van der Waals surface area contributed by atoms with Gasteiger partial charge < -0.3 is 10.7 Å². The fraction of sp³-hybridized carbons (Fsp3) is 0.308. The Morgan fingerprint density at radius 2 is 1.88 bits per heavy atom. The number of nitrogens with one attached hydrogen (secondary N) is 1. The van der Waals surface area contributed by atoms with Crippen LogP contribution in [0.1, 0.15) is 31.2 Å². The van der Waals surface area contributed by atoms with Crippen molar-refractivity contribution in [3.8, 4) is 0 Å². The van der Waals surface area contributed by atoms with Gasteiger partial charge in [0.25, 0.3) is 0 Å². The Labute approximate surface area is 106 Å². The zero-order valence-corrected chi connectivity index (χ0v) is 11.1. The van der Waals surface area contributed by atoms with E-state index in [2.05, 4.69) is 48.1 Å². The van der Waals surface area contributed by atoms with Gasteiger partial charge >= 0.3 is 0 Å². The maximum atomic E-state index is 5.83. The molecule has 0 unspecified atom stereocenters. The average molecular weight is 247 g/mol. The van der Waals surface area contributed by atoms with Crippen LogP contribution in [0.2, 0.25) is 0 Å². The molecule has 4 heteroatoms. The number of aromatic amines is 1. The number of hydrogen-bond acceptors (Lipinski definition) is 3. The lowest BCUT2D eigenvalue weighted by molar-refractivity contribution is 0.865. The number of hydrogen-bond donors (Lipinski definition) is 2.